The van der Waals surface area contributed by atoms with Gasteiger partial charge in [0.1, 0.15) is 5.76 Å². The van der Waals surface area contributed by atoms with E-state index in [0.717, 1.165) is 5.56 Å². The van der Waals surface area contributed by atoms with Crippen molar-refractivity contribution in [3.8, 4) is 17.3 Å². The minimum absolute atomic E-state index is 0.463. The van der Waals surface area contributed by atoms with Crippen molar-refractivity contribution in [2.75, 3.05) is 12.5 Å². The van der Waals surface area contributed by atoms with Crippen molar-refractivity contribution in [3.63, 3.8) is 0 Å². The molecule has 0 aliphatic carbocycles. The van der Waals surface area contributed by atoms with E-state index in [1.54, 1.807) is 37.8 Å². The summed E-state index contributed by atoms with van der Waals surface area (Å²) < 4.78 is 10.4. The van der Waals surface area contributed by atoms with Crippen LogP contribution in [0, 0.1) is 0 Å². The molecule has 0 fully saturated rings. The lowest BCUT2D eigenvalue weighted by Crippen LogP contribution is -1.99. The van der Waals surface area contributed by atoms with Crippen molar-refractivity contribution in [3.05, 3.63) is 60.6 Å². The Kier molecular flexibility index (Phi) is 4.10. The van der Waals surface area contributed by atoms with Gasteiger partial charge in [0.15, 0.2) is 11.6 Å². The third-order valence-electron chi connectivity index (χ3n) is 2.86. The van der Waals surface area contributed by atoms with Gasteiger partial charge in [0.05, 0.1) is 19.6 Å². The average molecular weight is 294 g/mol. The summed E-state index contributed by atoms with van der Waals surface area (Å²) in [5.41, 5.74) is 3.75. The zero-order chi connectivity index (χ0) is 15.2. The number of anilines is 1. The molecule has 0 spiro atoms. The summed E-state index contributed by atoms with van der Waals surface area (Å²) in [6.07, 6.45) is 3.15. The molecule has 0 bridgehead atoms. The Hall–Kier alpha value is -3.15. The fraction of sp³-hybridized carbons (Fsp3) is 0.0625. The van der Waals surface area contributed by atoms with E-state index in [4.69, 9.17) is 9.15 Å². The maximum atomic E-state index is 5.21. The Morgan fingerprint density at radius 1 is 1.14 bits per heavy atom. The first-order valence-electron chi connectivity index (χ1n) is 6.66. The van der Waals surface area contributed by atoms with Gasteiger partial charge in [-0.15, -0.1) is 0 Å². The highest BCUT2D eigenvalue weighted by Gasteiger charge is 2.06. The van der Waals surface area contributed by atoms with E-state index in [1.165, 1.54) is 0 Å². The van der Waals surface area contributed by atoms with Crippen LogP contribution < -0.4 is 10.2 Å². The highest BCUT2D eigenvalue weighted by atomic mass is 16.5. The fourth-order valence-electron chi connectivity index (χ4n) is 1.83. The largest absolute Gasteiger partial charge is 0.481 e. The molecule has 6 heteroatoms. The van der Waals surface area contributed by atoms with Crippen LogP contribution in [0.5, 0.6) is 5.88 Å². The topological polar surface area (TPSA) is 72.5 Å². The van der Waals surface area contributed by atoms with Crippen molar-refractivity contribution in [2.45, 2.75) is 0 Å². The maximum absolute atomic E-state index is 5.21. The predicted molar refractivity (Wildman–Crippen MR) is 83.9 cm³/mol. The van der Waals surface area contributed by atoms with Gasteiger partial charge < -0.3 is 9.15 Å². The van der Waals surface area contributed by atoms with Crippen LogP contribution in [0.3, 0.4) is 0 Å². The average Bonchev–Trinajstić information content (AvgIpc) is 3.09. The molecule has 0 amide bonds. The van der Waals surface area contributed by atoms with Crippen molar-refractivity contribution in [2.24, 2.45) is 5.10 Å². The Balaban J connectivity index is 1.84. The smallest absolute Gasteiger partial charge is 0.218 e. The molecule has 0 saturated heterocycles. The van der Waals surface area contributed by atoms with Gasteiger partial charge in [-0.05, 0) is 12.1 Å². The monoisotopic (exact) mass is 294 g/mol. The van der Waals surface area contributed by atoms with Crippen LogP contribution >= 0.6 is 0 Å². The number of aromatic nitrogens is 2. The van der Waals surface area contributed by atoms with Gasteiger partial charge >= 0.3 is 0 Å². The van der Waals surface area contributed by atoms with Crippen molar-refractivity contribution in [1.82, 2.24) is 9.97 Å². The van der Waals surface area contributed by atoms with E-state index in [1.807, 2.05) is 30.3 Å². The second kappa shape index (κ2) is 6.53. The van der Waals surface area contributed by atoms with E-state index in [2.05, 4.69) is 20.5 Å². The van der Waals surface area contributed by atoms with Crippen LogP contribution in [0.4, 0.5) is 5.82 Å². The molecular formula is C16H14N4O2. The fourth-order valence-corrected chi connectivity index (χ4v) is 1.83. The van der Waals surface area contributed by atoms with E-state index in [9.17, 15) is 0 Å². The lowest BCUT2D eigenvalue weighted by Gasteiger charge is -2.06. The maximum Gasteiger partial charge on any atom is 0.218 e. The summed E-state index contributed by atoms with van der Waals surface area (Å²) in [6, 6.07) is 14.9. The number of rotatable bonds is 5. The van der Waals surface area contributed by atoms with Gasteiger partial charge in [-0.3, -0.25) is 5.43 Å². The van der Waals surface area contributed by atoms with E-state index in [-0.39, 0.29) is 0 Å². The minimum Gasteiger partial charge on any atom is -0.481 e. The summed E-state index contributed by atoms with van der Waals surface area (Å²) >= 11 is 0. The first kappa shape index (κ1) is 13.8. The predicted octanol–water partition coefficient (Wildman–Crippen LogP) is 3.19. The Morgan fingerprint density at radius 3 is 2.73 bits per heavy atom. The molecule has 1 N–H and O–H groups in total. The van der Waals surface area contributed by atoms with Crippen LogP contribution in [0.1, 0.15) is 5.76 Å². The molecule has 6 nitrogen and oxygen atoms in total. The number of benzene rings is 1. The molecule has 0 saturated carbocycles. The molecule has 0 aliphatic rings. The van der Waals surface area contributed by atoms with Crippen LogP contribution in [-0.2, 0) is 0 Å². The van der Waals surface area contributed by atoms with Gasteiger partial charge in [-0.2, -0.15) is 10.1 Å². The first-order valence-corrected chi connectivity index (χ1v) is 6.66. The van der Waals surface area contributed by atoms with Gasteiger partial charge in [0.2, 0.25) is 5.88 Å². The number of furan rings is 1. The molecule has 22 heavy (non-hydrogen) atoms. The van der Waals surface area contributed by atoms with Crippen LogP contribution in [0.2, 0.25) is 0 Å². The highest BCUT2D eigenvalue weighted by Crippen LogP contribution is 2.21. The summed E-state index contributed by atoms with van der Waals surface area (Å²) in [7, 11) is 1.56. The third kappa shape index (κ3) is 3.29. The molecule has 2 aromatic heterocycles. The van der Waals surface area contributed by atoms with Gasteiger partial charge in [-0.25, -0.2) is 4.98 Å². The Labute approximate surface area is 127 Å². The van der Waals surface area contributed by atoms with Crippen LogP contribution in [0.25, 0.3) is 11.4 Å². The minimum atomic E-state index is 0.463. The molecule has 1 aromatic carbocycles. The molecule has 0 radical (unpaired) electrons. The van der Waals surface area contributed by atoms with Crippen molar-refractivity contribution < 1.29 is 9.15 Å². The van der Waals surface area contributed by atoms with Crippen LogP contribution in [-0.4, -0.2) is 23.3 Å². The Morgan fingerprint density at radius 2 is 2.00 bits per heavy atom. The highest BCUT2D eigenvalue weighted by molar-refractivity contribution is 5.76. The lowest BCUT2D eigenvalue weighted by atomic mass is 10.2. The second-order valence-electron chi connectivity index (χ2n) is 4.37. The molecule has 0 aliphatic heterocycles. The zero-order valence-corrected chi connectivity index (χ0v) is 11.9. The first-order chi connectivity index (χ1) is 10.8. The van der Waals surface area contributed by atoms with Gasteiger partial charge in [0.25, 0.3) is 0 Å². The molecular weight excluding hydrogens is 280 g/mol. The molecule has 2 heterocycles. The second-order valence-corrected chi connectivity index (χ2v) is 4.37. The number of hydrogen-bond donors (Lipinski definition) is 1. The number of nitrogens with one attached hydrogen (secondary N) is 1. The molecule has 3 rings (SSSR count). The lowest BCUT2D eigenvalue weighted by molar-refractivity contribution is 0.398. The van der Waals surface area contributed by atoms with Gasteiger partial charge in [-0.1, -0.05) is 30.3 Å². The summed E-state index contributed by atoms with van der Waals surface area (Å²) in [6.45, 7) is 0. The SMILES string of the molecule is COc1cc(N/N=C\c2ccco2)nc(-c2ccccc2)n1. The molecule has 0 unspecified atom stereocenters. The van der Waals surface area contributed by atoms with E-state index in [0.29, 0.717) is 23.3 Å². The normalized spacial score (nSPS) is 10.8. The number of methoxy groups -OCH3 is 1. The third-order valence-corrected chi connectivity index (χ3v) is 2.86. The molecule has 0 atom stereocenters. The zero-order valence-electron chi connectivity index (χ0n) is 11.9. The standard InChI is InChI=1S/C16H14N4O2/c1-21-15-10-14(20-17-11-13-8-5-9-22-13)18-16(19-15)12-6-3-2-4-7-12/h2-11H,1H3,(H,18,19,20)/b17-11-. The summed E-state index contributed by atoms with van der Waals surface area (Å²) in [5.74, 6) is 2.21. The number of nitrogens with zero attached hydrogens (tertiary/aromatic N) is 3. The van der Waals surface area contributed by atoms with E-state index >= 15 is 0 Å². The van der Waals surface area contributed by atoms with E-state index < -0.39 is 0 Å². The summed E-state index contributed by atoms with van der Waals surface area (Å²) in [4.78, 5) is 8.76. The van der Waals surface area contributed by atoms with Crippen LogP contribution in [0.15, 0.2) is 64.3 Å². The summed E-state index contributed by atoms with van der Waals surface area (Å²) in [5, 5.41) is 4.08. The quantitative estimate of drug-likeness (QED) is 0.578. The van der Waals surface area contributed by atoms with Crippen molar-refractivity contribution >= 4 is 12.0 Å². The number of hydrogen-bond acceptors (Lipinski definition) is 6. The molecule has 3 aromatic rings. The van der Waals surface area contributed by atoms with Crippen molar-refractivity contribution in [1.29, 1.82) is 0 Å². The number of hydrazone groups is 1. The molecule has 110 valence electrons. The number of ether oxygens (including phenoxy) is 1. The Bertz CT molecular complexity index is 755. The van der Waals surface area contributed by atoms with Gasteiger partial charge in [0, 0.05) is 11.6 Å².